The summed E-state index contributed by atoms with van der Waals surface area (Å²) in [6.45, 7) is 6.55. The van der Waals surface area contributed by atoms with Crippen LogP contribution in [0.2, 0.25) is 0 Å². The van der Waals surface area contributed by atoms with Gasteiger partial charge in [-0.1, -0.05) is 12.1 Å². The van der Waals surface area contributed by atoms with Gasteiger partial charge < -0.3 is 9.72 Å². The molecule has 0 spiro atoms. The van der Waals surface area contributed by atoms with Crippen LogP contribution in [0.4, 0.5) is 0 Å². The van der Waals surface area contributed by atoms with Crippen LogP contribution in [-0.4, -0.2) is 15.0 Å². The topological polar surface area (TPSA) is 50.8 Å². The summed E-state index contributed by atoms with van der Waals surface area (Å²) < 4.78 is 5.85. The van der Waals surface area contributed by atoms with E-state index in [2.05, 4.69) is 34.0 Å². The van der Waals surface area contributed by atoms with E-state index in [4.69, 9.17) is 4.74 Å². The predicted octanol–water partition coefficient (Wildman–Crippen LogP) is 3.46. The van der Waals surface area contributed by atoms with Gasteiger partial charge in [-0.05, 0) is 49.6 Å². The maximum Gasteiger partial charge on any atom is 0.178 e. The van der Waals surface area contributed by atoms with Crippen LogP contribution in [-0.2, 0) is 6.61 Å². The Hall–Kier alpha value is -2.36. The van der Waals surface area contributed by atoms with Crippen molar-refractivity contribution in [1.82, 2.24) is 15.0 Å². The van der Waals surface area contributed by atoms with Gasteiger partial charge in [0.1, 0.15) is 18.2 Å². The van der Waals surface area contributed by atoms with Crippen molar-refractivity contribution in [2.45, 2.75) is 27.4 Å². The van der Waals surface area contributed by atoms with Crippen molar-refractivity contribution in [2.24, 2.45) is 0 Å². The number of aromatic amines is 1. The molecule has 2 aromatic heterocycles. The zero-order chi connectivity index (χ0) is 14.1. The number of hydrogen-bond donors (Lipinski definition) is 1. The van der Waals surface area contributed by atoms with E-state index in [-0.39, 0.29) is 0 Å². The summed E-state index contributed by atoms with van der Waals surface area (Å²) in [7, 11) is 0. The van der Waals surface area contributed by atoms with Crippen molar-refractivity contribution in [2.75, 3.05) is 0 Å². The summed E-state index contributed by atoms with van der Waals surface area (Å²) in [6, 6.07) is 8.16. The molecule has 0 aliphatic heterocycles. The first-order valence-electron chi connectivity index (χ1n) is 6.64. The fourth-order valence-corrected chi connectivity index (χ4v) is 2.16. The Bertz CT molecular complexity index is 762. The Kier molecular flexibility index (Phi) is 3.14. The molecule has 0 saturated heterocycles. The quantitative estimate of drug-likeness (QED) is 0.790. The van der Waals surface area contributed by atoms with E-state index >= 15 is 0 Å². The highest BCUT2D eigenvalue weighted by atomic mass is 16.5. The van der Waals surface area contributed by atoms with Crippen molar-refractivity contribution in [3.05, 3.63) is 53.0 Å². The third kappa shape index (κ3) is 2.37. The number of benzene rings is 1. The lowest BCUT2D eigenvalue weighted by molar-refractivity contribution is 0.295. The molecule has 4 nitrogen and oxygen atoms in total. The van der Waals surface area contributed by atoms with E-state index < -0.39 is 0 Å². The van der Waals surface area contributed by atoms with Crippen LogP contribution in [0.5, 0.6) is 5.75 Å². The Morgan fingerprint density at radius 3 is 2.75 bits per heavy atom. The molecule has 4 heteroatoms. The van der Waals surface area contributed by atoms with Crippen molar-refractivity contribution < 1.29 is 4.74 Å². The minimum Gasteiger partial charge on any atom is -0.485 e. The molecule has 20 heavy (non-hydrogen) atoms. The monoisotopic (exact) mass is 267 g/mol. The van der Waals surface area contributed by atoms with Gasteiger partial charge in [0.15, 0.2) is 5.65 Å². The summed E-state index contributed by atoms with van der Waals surface area (Å²) in [5.41, 5.74) is 5.17. The SMILES string of the molecule is Cc1ccc(C)c(OCc2nc3nccc(C)c3[nH]2)c1. The summed E-state index contributed by atoms with van der Waals surface area (Å²) >= 11 is 0. The summed E-state index contributed by atoms with van der Waals surface area (Å²) in [4.78, 5) is 12.0. The molecule has 0 aliphatic rings. The van der Waals surface area contributed by atoms with Crippen LogP contribution in [0.3, 0.4) is 0 Å². The zero-order valence-electron chi connectivity index (χ0n) is 11.9. The highest BCUT2D eigenvalue weighted by molar-refractivity contribution is 5.74. The third-order valence-electron chi connectivity index (χ3n) is 3.36. The molecule has 0 amide bonds. The summed E-state index contributed by atoms with van der Waals surface area (Å²) in [5.74, 6) is 1.69. The van der Waals surface area contributed by atoms with Crippen molar-refractivity contribution in [1.29, 1.82) is 0 Å². The Balaban J connectivity index is 1.83. The third-order valence-corrected chi connectivity index (χ3v) is 3.36. The van der Waals surface area contributed by atoms with E-state index in [1.54, 1.807) is 6.20 Å². The predicted molar refractivity (Wildman–Crippen MR) is 78.9 cm³/mol. The van der Waals surface area contributed by atoms with Crippen LogP contribution < -0.4 is 4.74 Å². The normalized spacial score (nSPS) is 10.9. The molecule has 0 aliphatic carbocycles. The number of rotatable bonds is 3. The van der Waals surface area contributed by atoms with E-state index in [9.17, 15) is 0 Å². The number of pyridine rings is 1. The molecule has 3 aromatic rings. The largest absolute Gasteiger partial charge is 0.485 e. The highest BCUT2D eigenvalue weighted by Gasteiger charge is 2.07. The molecule has 1 aromatic carbocycles. The van der Waals surface area contributed by atoms with Gasteiger partial charge >= 0.3 is 0 Å². The maximum absolute atomic E-state index is 5.85. The first kappa shape index (κ1) is 12.7. The molecule has 2 heterocycles. The molecule has 0 fully saturated rings. The van der Waals surface area contributed by atoms with Crippen LogP contribution in [0, 0.1) is 20.8 Å². The number of aryl methyl sites for hydroxylation is 3. The van der Waals surface area contributed by atoms with Gasteiger partial charge in [0.2, 0.25) is 0 Å². The lowest BCUT2D eigenvalue weighted by atomic mass is 10.1. The van der Waals surface area contributed by atoms with Gasteiger partial charge in [0, 0.05) is 6.20 Å². The number of hydrogen-bond acceptors (Lipinski definition) is 3. The molecule has 0 saturated carbocycles. The van der Waals surface area contributed by atoms with Gasteiger partial charge in [0.05, 0.1) is 5.52 Å². The van der Waals surface area contributed by atoms with Gasteiger partial charge in [-0.15, -0.1) is 0 Å². The molecule has 3 rings (SSSR count). The smallest absolute Gasteiger partial charge is 0.178 e. The minimum absolute atomic E-state index is 0.417. The standard InChI is InChI=1S/C16H17N3O/c1-10-4-5-11(2)13(8-10)20-9-14-18-15-12(3)6-7-17-16(15)19-14/h4-8H,9H2,1-3H3,(H,17,18,19). The Morgan fingerprint density at radius 1 is 1.10 bits per heavy atom. The van der Waals surface area contributed by atoms with Crippen LogP contribution >= 0.6 is 0 Å². The molecule has 0 bridgehead atoms. The molecule has 102 valence electrons. The first-order chi connectivity index (χ1) is 9.63. The molecule has 1 N–H and O–H groups in total. The van der Waals surface area contributed by atoms with Crippen LogP contribution in [0.1, 0.15) is 22.5 Å². The lowest BCUT2D eigenvalue weighted by Crippen LogP contribution is -1.99. The molecular weight excluding hydrogens is 250 g/mol. The number of imidazole rings is 1. The fraction of sp³-hybridized carbons (Fsp3) is 0.250. The van der Waals surface area contributed by atoms with E-state index in [0.717, 1.165) is 33.9 Å². The average Bonchev–Trinajstić information content (AvgIpc) is 2.84. The van der Waals surface area contributed by atoms with Crippen molar-refractivity contribution in [3.8, 4) is 5.75 Å². The number of nitrogens with one attached hydrogen (secondary N) is 1. The molecular formula is C16H17N3O. The Morgan fingerprint density at radius 2 is 1.95 bits per heavy atom. The molecule has 0 radical (unpaired) electrons. The maximum atomic E-state index is 5.85. The second-order valence-corrected chi connectivity index (χ2v) is 5.07. The Labute approximate surface area is 117 Å². The second-order valence-electron chi connectivity index (χ2n) is 5.07. The minimum atomic E-state index is 0.417. The number of fused-ring (bicyclic) bond motifs is 1. The highest BCUT2D eigenvalue weighted by Crippen LogP contribution is 2.20. The molecule has 0 atom stereocenters. The summed E-state index contributed by atoms with van der Waals surface area (Å²) in [5, 5.41) is 0. The number of ether oxygens (including phenoxy) is 1. The van der Waals surface area contributed by atoms with Crippen LogP contribution in [0.25, 0.3) is 11.2 Å². The van der Waals surface area contributed by atoms with Crippen molar-refractivity contribution in [3.63, 3.8) is 0 Å². The van der Waals surface area contributed by atoms with Gasteiger partial charge in [-0.3, -0.25) is 0 Å². The fourth-order valence-electron chi connectivity index (χ4n) is 2.16. The second kappa shape index (κ2) is 4.96. The van der Waals surface area contributed by atoms with E-state index in [1.165, 1.54) is 5.56 Å². The van der Waals surface area contributed by atoms with Gasteiger partial charge in [-0.2, -0.15) is 0 Å². The average molecular weight is 267 g/mol. The number of nitrogens with zero attached hydrogens (tertiary/aromatic N) is 2. The molecule has 0 unspecified atom stereocenters. The van der Waals surface area contributed by atoms with Crippen molar-refractivity contribution >= 4 is 11.2 Å². The zero-order valence-corrected chi connectivity index (χ0v) is 11.9. The van der Waals surface area contributed by atoms with Gasteiger partial charge in [0.25, 0.3) is 0 Å². The first-order valence-corrected chi connectivity index (χ1v) is 6.64. The number of aromatic nitrogens is 3. The van der Waals surface area contributed by atoms with E-state index in [1.807, 2.05) is 26.0 Å². The summed E-state index contributed by atoms with van der Waals surface area (Å²) in [6.07, 6.45) is 1.77. The number of H-pyrrole nitrogens is 1. The lowest BCUT2D eigenvalue weighted by Gasteiger charge is -2.08. The van der Waals surface area contributed by atoms with E-state index in [0.29, 0.717) is 6.61 Å². The van der Waals surface area contributed by atoms with Crippen LogP contribution in [0.15, 0.2) is 30.5 Å². The van der Waals surface area contributed by atoms with Gasteiger partial charge in [-0.25, -0.2) is 9.97 Å².